The Bertz CT molecular complexity index is 915. The van der Waals surface area contributed by atoms with E-state index in [2.05, 4.69) is 18.7 Å². The molecule has 3 rings (SSSR count). The summed E-state index contributed by atoms with van der Waals surface area (Å²) in [4.78, 5) is 29.8. The maximum Gasteiger partial charge on any atom is 0.295 e. The first-order valence-electron chi connectivity index (χ1n) is 10.6. The van der Waals surface area contributed by atoms with Crippen molar-refractivity contribution in [3.05, 3.63) is 76.9 Å². The summed E-state index contributed by atoms with van der Waals surface area (Å²) in [7, 11) is 0. The molecule has 0 saturated carbocycles. The van der Waals surface area contributed by atoms with E-state index < -0.39 is 17.7 Å². The quantitative estimate of drug-likeness (QED) is 0.406. The van der Waals surface area contributed by atoms with Gasteiger partial charge in [-0.1, -0.05) is 74.0 Å². The number of nitrogens with zero attached hydrogens (tertiary/aromatic N) is 2. The summed E-state index contributed by atoms with van der Waals surface area (Å²) in [6.07, 6.45) is 0.766. The molecule has 0 spiro atoms. The maximum absolute atomic E-state index is 13.0. The third-order valence-electron chi connectivity index (χ3n) is 5.75. The molecule has 5 nitrogen and oxygen atoms in total. The van der Waals surface area contributed by atoms with Gasteiger partial charge >= 0.3 is 0 Å². The highest BCUT2D eigenvalue weighted by Gasteiger charge is 2.45. The second kappa shape index (κ2) is 9.72. The van der Waals surface area contributed by atoms with Crippen molar-refractivity contribution < 1.29 is 14.7 Å². The molecule has 1 N–H and O–H groups in total. The Balaban J connectivity index is 2.00. The Kier molecular flexibility index (Phi) is 7.06. The van der Waals surface area contributed by atoms with Gasteiger partial charge in [-0.3, -0.25) is 9.59 Å². The molecule has 1 heterocycles. The number of carbonyl (C=O) groups excluding carboxylic acids is 2. The average Bonchev–Trinajstić information content (AvgIpc) is 3.02. The SMILES string of the molecule is CCN(CC)CCCN1C(=O)C(=O)C(=C(O)c2ccccc2)[C@@H]1c1ccc(C)cc1. The molecule has 1 saturated heterocycles. The van der Waals surface area contributed by atoms with Crippen molar-refractivity contribution >= 4 is 17.4 Å². The smallest absolute Gasteiger partial charge is 0.295 e. The topological polar surface area (TPSA) is 60.9 Å². The first-order chi connectivity index (χ1) is 14.5. The van der Waals surface area contributed by atoms with Crippen LogP contribution in [0.5, 0.6) is 0 Å². The summed E-state index contributed by atoms with van der Waals surface area (Å²) in [5.74, 6) is -1.28. The van der Waals surface area contributed by atoms with Crippen LogP contribution in [0.15, 0.2) is 60.2 Å². The minimum atomic E-state index is -0.621. The van der Waals surface area contributed by atoms with E-state index in [1.807, 2.05) is 37.3 Å². The molecule has 5 heteroatoms. The van der Waals surface area contributed by atoms with Gasteiger partial charge in [-0.2, -0.15) is 0 Å². The molecule has 1 atom stereocenters. The molecule has 0 aromatic heterocycles. The Morgan fingerprint density at radius 1 is 1.00 bits per heavy atom. The van der Waals surface area contributed by atoms with Gasteiger partial charge < -0.3 is 14.9 Å². The maximum atomic E-state index is 13.0. The highest BCUT2D eigenvalue weighted by atomic mass is 16.3. The molecule has 0 unspecified atom stereocenters. The van der Waals surface area contributed by atoms with E-state index in [4.69, 9.17) is 0 Å². The summed E-state index contributed by atoms with van der Waals surface area (Å²) >= 11 is 0. The fourth-order valence-corrected chi connectivity index (χ4v) is 3.96. The van der Waals surface area contributed by atoms with Crippen LogP contribution >= 0.6 is 0 Å². The number of Topliss-reactive ketones (excluding diaryl/α,β-unsaturated/α-hetero) is 1. The Morgan fingerprint density at radius 3 is 2.23 bits per heavy atom. The minimum Gasteiger partial charge on any atom is -0.507 e. The van der Waals surface area contributed by atoms with Gasteiger partial charge in [-0.15, -0.1) is 0 Å². The standard InChI is InChI=1S/C25H30N2O3/c1-4-26(5-2)16-9-17-27-22(19-14-12-18(3)13-15-19)21(24(29)25(27)30)23(28)20-10-7-6-8-11-20/h6-8,10-15,22,28H,4-5,9,16-17H2,1-3H3/t22-/m0/s1. The van der Waals surface area contributed by atoms with Crippen LogP contribution < -0.4 is 0 Å². The zero-order valence-corrected chi connectivity index (χ0v) is 18.0. The van der Waals surface area contributed by atoms with E-state index in [0.29, 0.717) is 12.1 Å². The van der Waals surface area contributed by atoms with E-state index in [0.717, 1.165) is 37.2 Å². The number of ketones is 1. The molecule has 1 fully saturated rings. The first-order valence-corrected chi connectivity index (χ1v) is 10.6. The number of carbonyl (C=O) groups is 2. The van der Waals surface area contributed by atoms with E-state index in [1.54, 1.807) is 29.2 Å². The van der Waals surface area contributed by atoms with E-state index in [-0.39, 0.29) is 11.3 Å². The molecule has 0 radical (unpaired) electrons. The molecule has 2 aromatic carbocycles. The fourth-order valence-electron chi connectivity index (χ4n) is 3.96. The molecule has 158 valence electrons. The highest BCUT2D eigenvalue weighted by molar-refractivity contribution is 6.46. The van der Waals surface area contributed by atoms with Gasteiger partial charge in [0.2, 0.25) is 0 Å². The second-order valence-corrected chi connectivity index (χ2v) is 7.65. The lowest BCUT2D eigenvalue weighted by Gasteiger charge is -2.27. The molecule has 1 aliphatic heterocycles. The van der Waals surface area contributed by atoms with Crippen LogP contribution in [-0.4, -0.2) is 52.8 Å². The second-order valence-electron chi connectivity index (χ2n) is 7.65. The number of aryl methyl sites for hydroxylation is 1. The van der Waals surface area contributed by atoms with Gasteiger partial charge in [-0.25, -0.2) is 0 Å². The molecule has 1 amide bonds. The van der Waals surface area contributed by atoms with Crippen LogP contribution in [0.25, 0.3) is 5.76 Å². The third-order valence-corrected chi connectivity index (χ3v) is 5.75. The van der Waals surface area contributed by atoms with Gasteiger partial charge in [-0.05, 0) is 38.5 Å². The Hall–Kier alpha value is -2.92. The molecule has 0 bridgehead atoms. The van der Waals surface area contributed by atoms with Crippen molar-refractivity contribution in [2.45, 2.75) is 33.2 Å². The highest BCUT2D eigenvalue weighted by Crippen LogP contribution is 2.39. The van der Waals surface area contributed by atoms with Crippen molar-refractivity contribution in [1.29, 1.82) is 0 Å². The average molecular weight is 407 g/mol. The Morgan fingerprint density at radius 2 is 1.63 bits per heavy atom. The van der Waals surface area contributed by atoms with Crippen molar-refractivity contribution in [1.82, 2.24) is 9.80 Å². The normalized spacial score (nSPS) is 18.4. The van der Waals surface area contributed by atoms with E-state index >= 15 is 0 Å². The molecule has 1 aliphatic rings. The number of aliphatic hydroxyl groups excluding tert-OH is 1. The van der Waals surface area contributed by atoms with Crippen LogP contribution in [0.2, 0.25) is 0 Å². The fraction of sp³-hybridized carbons (Fsp3) is 0.360. The first kappa shape index (κ1) is 21.8. The van der Waals surface area contributed by atoms with Gasteiger partial charge in [0.25, 0.3) is 11.7 Å². The zero-order chi connectivity index (χ0) is 21.7. The summed E-state index contributed by atoms with van der Waals surface area (Å²) in [6.45, 7) is 9.44. The van der Waals surface area contributed by atoms with Crippen LogP contribution in [0.1, 0.15) is 43.0 Å². The number of rotatable bonds is 8. The van der Waals surface area contributed by atoms with Crippen LogP contribution in [0.3, 0.4) is 0 Å². The zero-order valence-electron chi connectivity index (χ0n) is 18.0. The van der Waals surface area contributed by atoms with Gasteiger partial charge in [0.1, 0.15) is 5.76 Å². The molecule has 2 aromatic rings. The van der Waals surface area contributed by atoms with E-state index in [9.17, 15) is 14.7 Å². The number of hydrogen-bond donors (Lipinski definition) is 1. The van der Waals surface area contributed by atoms with Crippen molar-refractivity contribution in [3.63, 3.8) is 0 Å². The monoisotopic (exact) mass is 406 g/mol. The number of aliphatic hydroxyl groups is 1. The lowest BCUT2D eigenvalue weighted by molar-refractivity contribution is -0.140. The molecule has 0 aliphatic carbocycles. The summed E-state index contributed by atoms with van der Waals surface area (Å²) in [5.41, 5.74) is 2.63. The Labute approximate surface area is 178 Å². The third kappa shape index (κ3) is 4.46. The minimum absolute atomic E-state index is 0.120. The summed E-state index contributed by atoms with van der Waals surface area (Å²) in [5, 5.41) is 11.0. The molecular weight excluding hydrogens is 376 g/mol. The number of likely N-dealkylation sites (tertiary alicyclic amines) is 1. The lowest BCUT2D eigenvalue weighted by Crippen LogP contribution is -2.33. The predicted molar refractivity (Wildman–Crippen MR) is 119 cm³/mol. The van der Waals surface area contributed by atoms with Crippen molar-refractivity contribution in [2.75, 3.05) is 26.2 Å². The molecular formula is C25H30N2O3. The molecule has 30 heavy (non-hydrogen) atoms. The summed E-state index contributed by atoms with van der Waals surface area (Å²) in [6, 6.07) is 16.2. The van der Waals surface area contributed by atoms with Crippen LogP contribution in [0, 0.1) is 6.92 Å². The number of hydrogen-bond acceptors (Lipinski definition) is 4. The van der Waals surface area contributed by atoms with Gasteiger partial charge in [0.15, 0.2) is 0 Å². The van der Waals surface area contributed by atoms with Gasteiger partial charge in [0, 0.05) is 12.1 Å². The number of amides is 1. The lowest BCUT2D eigenvalue weighted by atomic mass is 9.94. The van der Waals surface area contributed by atoms with Crippen LogP contribution in [0.4, 0.5) is 0 Å². The number of benzene rings is 2. The van der Waals surface area contributed by atoms with Crippen molar-refractivity contribution in [2.24, 2.45) is 0 Å². The van der Waals surface area contributed by atoms with Gasteiger partial charge in [0.05, 0.1) is 11.6 Å². The van der Waals surface area contributed by atoms with Crippen LogP contribution in [-0.2, 0) is 9.59 Å². The largest absolute Gasteiger partial charge is 0.507 e. The summed E-state index contributed by atoms with van der Waals surface area (Å²) < 4.78 is 0. The van der Waals surface area contributed by atoms with Crippen molar-refractivity contribution in [3.8, 4) is 0 Å². The predicted octanol–water partition coefficient (Wildman–Crippen LogP) is 4.15. The van der Waals surface area contributed by atoms with E-state index in [1.165, 1.54) is 0 Å².